The average molecular weight is 433 g/mol. The number of nitrogens with zero attached hydrogens (tertiary/aromatic N) is 4. The van der Waals surface area contributed by atoms with Crippen LogP contribution in [0.25, 0.3) is 5.65 Å². The van der Waals surface area contributed by atoms with Crippen molar-refractivity contribution in [1.29, 1.82) is 0 Å². The first kappa shape index (κ1) is 21.0. The van der Waals surface area contributed by atoms with Crippen LogP contribution < -0.4 is 15.0 Å². The first-order chi connectivity index (χ1) is 14.8. The van der Waals surface area contributed by atoms with E-state index < -0.39 is 11.7 Å². The third kappa shape index (κ3) is 4.57. The Kier molecular flexibility index (Phi) is 5.71. The minimum atomic E-state index is -4.46. The fraction of sp³-hybridized carbons (Fsp3) is 0.381. The number of ether oxygens (including phenoxy) is 1. The Balaban J connectivity index is 1.46. The molecular formula is C21H22F3N5O2. The molecule has 7 nitrogen and oxygen atoms in total. The molecule has 3 aromatic rings. The SMILES string of the molecule is COc1cccc(CNC(=O)[C@H]2CCCN(c3nnc4ccc(C(F)(F)F)cn34)C2)c1. The van der Waals surface area contributed by atoms with E-state index in [-0.39, 0.29) is 11.8 Å². The van der Waals surface area contributed by atoms with E-state index >= 15 is 0 Å². The Morgan fingerprint density at radius 2 is 2.10 bits per heavy atom. The number of pyridine rings is 1. The van der Waals surface area contributed by atoms with Gasteiger partial charge in [-0.3, -0.25) is 9.20 Å². The molecule has 3 heterocycles. The van der Waals surface area contributed by atoms with Crippen molar-refractivity contribution in [1.82, 2.24) is 19.9 Å². The minimum Gasteiger partial charge on any atom is -0.497 e. The number of hydrogen-bond acceptors (Lipinski definition) is 5. The number of benzene rings is 1. The van der Waals surface area contributed by atoms with Crippen molar-refractivity contribution in [3.05, 3.63) is 53.7 Å². The molecule has 164 valence electrons. The molecular weight excluding hydrogens is 411 g/mol. The molecule has 10 heteroatoms. The number of anilines is 1. The summed E-state index contributed by atoms with van der Waals surface area (Å²) < 4.78 is 45.8. The van der Waals surface area contributed by atoms with Gasteiger partial charge in [-0.1, -0.05) is 12.1 Å². The summed E-state index contributed by atoms with van der Waals surface area (Å²) in [6.07, 6.45) is -2.03. The number of aromatic nitrogens is 3. The van der Waals surface area contributed by atoms with E-state index in [9.17, 15) is 18.0 Å². The van der Waals surface area contributed by atoms with E-state index in [1.54, 1.807) is 7.11 Å². The van der Waals surface area contributed by atoms with Gasteiger partial charge in [0, 0.05) is 25.8 Å². The molecule has 0 aliphatic carbocycles. The second-order valence-corrected chi connectivity index (χ2v) is 7.50. The molecule has 0 bridgehead atoms. The molecule has 1 fully saturated rings. The summed E-state index contributed by atoms with van der Waals surface area (Å²) in [4.78, 5) is 14.5. The summed E-state index contributed by atoms with van der Waals surface area (Å²) in [6, 6.07) is 9.72. The Morgan fingerprint density at radius 1 is 1.26 bits per heavy atom. The normalized spacial score (nSPS) is 17.0. The maximum absolute atomic E-state index is 13.1. The molecule has 0 unspecified atom stereocenters. The lowest BCUT2D eigenvalue weighted by Gasteiger charge is -2.32. The van der Waals surface area contributed by atoms with Crippen molar-refractivity contribution in [2.45, 2.75) is 25.6 Å². The van der Waals surface area contributed by atoms with Gasteiger partial charge in [-0.05, 0) is 42.7 Å². The molecule has 2 aromatic heterocycles. The third-order valence-corrected chi connectivity index (χ3v) is 5.39. The summed E-state index contributed by atoms with van der Waals surface area (Å²) in [5, 5.41) is 11.0. The molecule has 4 rings (SSSR count). The third-order valence-electron chi connectivity index (χ3n) is 5.39. The second kappa shape index (κ2) is 8.44. The van der Waals surface area contributed by atoms with Gasteiger partial charge >= 0.3 is 6.18 Å². The van der Waals surface area contributed by atoms with Gasteiger partial charge in [-0.2, -0.15) is 13.2 Å². The summed E-state index contributed by atoms with van der Waals surface area (Å²) in [5.74, 6) is 0.633. The standard InChI is InChI=1S/C21H22F3N5O2/c1-31-17-6-2-4-14(10-17)11-25-19(30)15-5-3-9-28(12-15)20-27-26-18-8-7-16(13-29(18)20)21(22,23)24/h2,4,6-8,10,13,15H,3,5,9,11-12H2,1H3,(H,25,30)/t15-/m0/s1. The van der Waals surface area contributed by atoms with Crippen LogP contribution >= 0.6 is 0 Å². The van der Waals surface area contributed by atoms with Crippen molar-refractivity contribution in [3.8, 4) is 5.75 Å². The number of amides is 1. The van der Waals surface area contributed by atoms with Gasteiger partial charge < -0.3 is 15.0 Å². The minimum absolute atomic E-state index is 0.0997. The van der Waals surface area contributed by atoms with Gasteiger partial charge in [-0.15, -0.1) is 10.2 Å². The predicted molar refractivity (Wildman–Crippen MR) is 108 cm³/mol. The molecule has 31 heavy (non-hydrogen) atoms. The van der Waals surface area contributed by atoms with E-state index in [0.29, 0.717) is 43.4 Å². The van der Waals surface area contributed by atoms with E-state index in [2.05, 4.69) is 15.5 Å². The Bertz CT molecular complexity index is 1080. The van der Waals surface area contributed by atoms with Crippen LogP contribution in [0, 0.1) is 5.92 Å². The smallest absolute Gasteiger partial charge is 0.417 e. The lowest BCUT2D eigenvalue weighted by Crippen LogP contribution is -2.43. The summed E-state index contributed by atoms with van der Waals surface area (Å²) in [5.41, 5.74) is 0.474. The second-order valence-electron chi connectivity index (χ2n) is 7.50. The van der Waals surface area contributed by atoms with Crippen molar-refractivity contribution >= 4 is 17.5 Å². The van der Waals surface area contributed by atoms with Gasteiger partial charge in [0.1, 0.15) is 5.75 Å². The number of nitrogens with one attached hydrogen (secondary N) is 1. The van der Waals surface area contributed by atoms with E-state index in [4.69, 9.17) is 4.74 Å². The molecule has 0 spiro atoms. The van der Waals surface area contributed by atoms with Crippen LogP contribution in [0.5, 0.6) is 5.75 Å². The van der Waals surface area contributed by atoms with Gasteiger partial charge in [0.2, 0.25) is 11.9 Å². The largest absolute Gasteiger partial charge is 0.497 e. The van der Waals surface area contributed by atoms with E-state index in [1.165, 1.54) is 10.5 Å². The van der Waals surface area contributed by atoms with Crippen LogP contribution in [0.1, 0.15) is 24.0 Å². The Hall–Kier alpha value is -3.30. The highest BCUT2D eigenvalue weighted by molar-refractivity contribution is 5.79. The molecule has 0 radical (unpaired) electrons. The first-order valence-corrected chi connectivity index (χ1v) is 9.93. The fourth-order valence-corrected chi connectivity index (χ4v) is 3.75. The van der Waals surface area contributed by atoms with Crippen LogP contribution in [0.2, 0.25) is 0 Å². The number of carbonyl (C=O) groups excluding carboxylic acids is 1. The van der Waals surface area contributed by atoms with Crippen LogP contribution in [-0.2, 0) is 17.5 Å². The number of piperidine rings is 1. The number of alkyl halides is 3. The lowest BCUT2D eigenvalue weighted by molar-refractivity contribution is -0.137. The highest BCUT2D eigenvalue weighted by Crippen LogP contribution is 2.30. The number of halogens is 3. The van der Waals surface area contributed by atoms with Crippen LogP contribution in [0.3, 0.4) is 0 Å². The van der Waals surface area contributed by atoms with Gasteiger partial charge in [-0.25, -0.2) is 0 Å². The fourth-order valence-electron chi connectivity index (χ4n) is 3.75. The number of rotatable bonds is 5. The van der Waals surface area contributed by atoms with E-state index in [1.807, 2.05) is 29.2 Å². The average Bonchev–Trinajstić information content (AvgIpc) is 3.20. The number of methoxy groups -OCH3 is 1. The molecule has 1 aromatic carbocycles. The first-order valence-electron chi connectivity index (χ1n) is 9.93. The lowest BCUT2D eigenvalue weighted by atomic mass is 9.97. The van der Waals surface area contributed by atoms with Crippen molar-refractivity contribution in [2.75, 3.05) is 25.1 Å². The molecule has 1 amide bonds. The van der Waals surface area contributed by atoms with Gasteiger partial charge in [0.15, 0.2) is 5.65 Å². The zero-order valence-electron chi connectivity index (χ0n) is 16.9. The molecule has 0 saturated carbocycles. The highest BCUT2D eigenvalue weighted by Gasteiger charge is 2.32. The topological polar surface area (TPSA) is 71.8 Å². The van der Waals surface area contributed by atoms with Crippen LogP contribution in [0.15, 0.2) is 42.6 Å². The molecule has 1 saturated heterocycles. The highest BCUT2D eigenvalue weighted by atomic mass is 19.4. The van der Waals surface area contributed by atoms with E-state index in [0.717, 1.165) is 24.2 Å². The number of hydrogen-bond donors (Lipinski definition) is 1. The molecule has 1 atom stereocenters. The van der Waals surface area contributed by atoms with Gasteiger partial charge in [0.05, 0.1) is 18.6 Å². The predicted octanol–water partition coefficient (Wildman–Crippen LogP) is 3.29. The van der Waals surface area contributed by atoms with Crippen LogP contribution in [0.4, 0.5) is 19.1 Å². The molecule has 1 aliphatic rings. The van der Waals surface area contributed by atoms with Crippen molar-refractivity contribution < 1.29 is 22.7 Å². The monoisotopic (exact) mass is 433 g/mol. The summed E-state index contributed by atoms with van der Waals surface area (Å²) in [6.45, 7) is 1.33. The molecule has 1 N–H and O–H groups in total. The Morgan fingerprint density at radius 3 is 2.87 bits per heavy atom. The number of fused-ring (bicyclic) bond motifs is 1. The van der Waals surface area contributed by atoms with Crippen LogP contribution in [-0.4, -0.2) is 40.7 Å². The number of carbonyl (C=O) groups is 1. The van der Waals surface area contributed by atoms with Gasteiger partial charge in [0.25, 0.3) is 0 Å². The zero-order chi connectivity index (χ0) is 22.0. The zero-order valence-corrected chi connectivity index (χ0v) is 16.9. The van der Waals surface area contributed by atoms with Crippen molar-refractivity contribution in [3.63, 3.8) is 0 Å². The Labute approximate surface area is 176 Å². The maximum Gasteiger partial charge on any atom is 0.417 e. The quantitative estimate of drug-likeness (QED) is 0.669. The summed E-state index contributed by atoms with van der Waals surface area (Å²) >= 11 is 0. The summed E-state index contributed by atoms with van der Waals surface area (Å²) in [7, 11) is 1.58. The molecule has 1 aliphatic heterocycles. The van der Waals surface area contributed by atoms with Crippen molar-refractivity contribution in [2.24, 2.45) is 5.92 Å². The maximum atomic E-state index is 13.1.